The number of benzene rings is 2. The van der Waals surface area contributed by atoms with E-state index in [-0.39, 0.29) is 32.6 Å². The van der Waals surface area contributed by atoms with E-state index in [0.717, 1.165) is 12.1 Å². The number of aromatic nitrogens is 1. The normalized spacial score (nSPS) is 12.4. The summed E-state index contributed by atoms with van der Waals surface area (Å²) in [6.45, 7) is 2.03. The molecule has 0 unspecified atom stereocenters. The Morgan fingerprint density at radius 3 is 2.62 bits per heavy atom. The molecule has 3 rings (SSSR count). The Morgan fingerprint density at radius 1 is 1.28 bits per heavy atom. The van der Waals surface area contributed by atoms with Crippen LogP contribution in [0.3, 0.4) is 0 Å². The first-order valence-corrected chi connectivity index (χ1v) is 10.8. The Labute approximate surface area is 185 Å². The molecule has 9 nitrogen and oxygen atoms in total. The monoisotopic (exact) mass is 487 g/mol. The number of alkyl halides is 3. The lowest BCUT2D eigenvalue weighted by molar-refractivity contribution is -0.274. The highest BCUT2D eigenvalue weighted by Gasteiger charge is 2.31. The number of ether oxygens (including phenoxy) is 1. The molecular weight excluding hydrogens is 471 g/mol. The third kappa shape index (κ3) is 5.33. The highest BCUT2D eigenvalue weighted by molar-refractivity contribution is 7.89. The molecule has 0 aliphatic rings. The van der Waals surface area contributed by atoms with Crippen LogP contribution in [0, 0.1) is 0 Å². The van der Waals surface area contributed by atoms with E-state index >= 15 is 0 Å². The molecule has 32 heavy (non-hydrogen) atoms. The molecule has 0 aliphatic heterocycles. The summed E-state index contributed by atoms with van der Waals surface area (Å²) >= 11 is 5.06. The maximum atomic E-state index is 12.6. The number of hydrogen-bond acceptors (Lipinski definition) is 6. The van der Waals surface area contributed by atoms with Gasteiger partial charge >= 0.3 is 6.36 Å². The van der Waals surface area contributed by atoms with E-state index in [1.54, 1.807) is 6.92 Å². The Kier molecular flexibility index (Phi) is 6.39. The van der Waals surface area contributed by atoms with Crippen molar-refractivity contribution in [3.8, 4) is 11.6 Å². The number of nitrogens with two attached hydrogens (primary N) is 1. The van der Waals surface area contributed by atoms with Gasteiger partial charge in [0.25, 0.3) is 0 Å². The molecule has 0 atom stereocenters. The van der Waals surface area contributed by atoms with E-state index in [1.165, 1.54) is 34.9 Å². The number of primary sulfonamides is 1. The average Bonchev–Trinajstić information content (AvgIpc) is 2.94. The average molecular weight is 487 g/mol. The van der Waals surface area contributed by atoms with Crippen LogP contribution in [0.1, 0.15) is 6.92 Å². The number of fused-ring (bicyclic) bond motifs is 1. The van der Waals surface area contributed by atoms with Crippen LogP contribution in [0.5, 0.6) is 11.6 Å². The van der Waals surface area contributed by atoms with Crippen molar-refractivity contribution in [2.75, 3.05) is 5.32 Å². The lowest BCUT2D eigenvalue weighted by atomic mass is 10.2. The number of sulfonamides is 1. The summed E-state index contributed by atoms with van der Waals surface area (Å²) in [7, 11) is -3.93. The van der Waals surface area contributed by atoms with Crippen molar-refractivity contribution >= 4 is 49.6 Å². The molecule has 1 aromatic heterocycles. The van der Waals surface area contributed by atoms with Crippen LogP contribution in [0.2, 0.25) is 0 Å². The van der Waals surface area contributed by atoms with E-state index in [2.05, 4.69) is 20.3 Å². The molecule has 0 bridgehead atoms. The fraction of sp³-hybridized carbons (Fsp3) is 0.167. The van der Waals surface area contributed by atoms with Gasteiger partial charge in [-0.15, -0.1) is 23.4 Å². The van der Waals surface area contributed by atoms with Gasteiger partial charge in [-0.1, -0.05) is 6.07 Å². The van der Waals surface area contributed by atoms with Crippen LogP contribution in [0.4, 0.5) is 24.5 Å². The summed E-state index contributed by atoms with van der Waals surface area (Å²) in [5.74, 6) is -0.815. The van der Waals surface area contributed by atoms with Gasteiger partial charge in [0, 0.05) is 17.6 Å². The summed E-state index contributed by atoms with van der Waals surface area (Å²) in [6, 6.07) is 9.03. The number of anilines is 1. The van der Waals surface area contributed by atoms with Gasteiger partial charge in [0.1, 0.15) is 5.75 Å². The minimum absolute atomic E-state index is 0.114. The van der Waals surface area contributed by atoms with Crippen LogP contribution in [-0.4, -0.2) is 29.6 Å². The fourth-order valence-electron chi connectivity index (χ4n) is 2.91. The molecule has 0 saturated carbocycles. The van der Waals surface area contributed by atoms with Gasteiger partial charge in [-0.25, -0.2) is 13.6 Å². The summed E-state index contributed by atoms with van der Waals surface area (Å²) in [6.07, 6.45) is -4.89. The van der Waals surface area contributed by atoms with Crippen molar-refractivity contribution in [2.45, 2.75) is 24.7 Å². The Hall–Kier alpha value is -3.23. The molecule has 0 fully saturated rings. The number of aromatic hydroxyl groups is 1. The van der Waals surface area contributed by atoms with Gasteiger partial charge in [0.05, 0.1) is 10.4 Å². The lowest BCUT2D eigenvalue weighted by Crippen LogP contribution is -2.16. The van der Waals surface area contributed by atoms with Crippen LogP contribution >= 0.6 is 12.2 Å². The van der Waals surface area contributed by atoms with Crippen molar-refractivity contribution in [3.05, 3.63) is 42.5 Å². The maximum absolute atomic E-state index is 12.6. The smallest absolute Gasteiger partial charge is 0.493 e. The first-order valence-electron chi connectivity index (χ1n) is 8.85. The molecular formula is C18H16F3N5O4S2. The molecule has 3 aromatic rings. The van der Waals surface area contributed by atoms with Crippen molar-refractivity contribution in [1.29, 1.82) is 0 Å². The minimum Gasteiger partial charge on any atom is -0.493 e. The second-order valence-electron chi connectivity index (χ2n) is 6.35. The molecule has 0 spiro atoms. The van der Waals surface area contributed by atoms with Crippen molar-refractivity contribution in [3.63, 3.8) is 0 Å². The molecule has 0 amide bonds. The number of nitrogens with zero attached hydrogens (tertiary/aromatic N) is 3. The van der Waals surface area contributed by atoms with Gasteiger partial charge in [-0.05, 0) is 55.5 Å². The van der Waals surface area contributed by atoms with Gasteiger partial charge < -0.3 is 19.7 Å². The highest BCUT2D eigenvalue weighted by Crippen LogP contribution is 2.41. The maximum Gasteiger partial charge on any atom is 0.573 e. The first-order chi connectivity index (χ1) is 14.9. The largest absolute Gasteiger partial charge is 0.573 e. The zero-order valence-corrected chi connectivity index (χ0v) is 17.9. The molecule has 170 valence electrons. The third-order valence-corrected chi connectivity index (χ3v) is 5.28. The number of nitrogens with one attached hydrogen (secondary N) is 1. The van der Waals surface area contributed by atoms with E-state index in [4.69, 9.17) is 17.4 Å². The summed E-state index contributed by atoms with van der Waals surface area (Å²) in [5.41, 5.74) is 0.562. The van der Waals surface area contributed by atoms with E-state index < -0.39 is 22.1 Å². The van der Waals surface area contributed by atoms with Crippen LogP contribution in [0.15, 0.2) is 57.6 Å². The lowest BCUT2D eigenvalue weighted by Gasteiger charge is -2.09. The van der Waals surface area contributed by atoms with Crippen molar-refractivity contribution in [2.24, 2.45) is 15.4 Å². The Bertz CT molecular complexity index is 1320. The van der Waals surface area contributed by atoms with Gasteiger partial charge in [-0.2, -0.15) is 0 Å². The van der Waals surface area contributed by atoms with Crippen molar-refractivity contribution < 1.29 is 31.4 Å². The number of rotatable bonds is 5. The molecule has 0 aliphatic carbocycles. The minimum atomic E-state index is -4.89. The molecule has 0 radical (unpaired) electrons. The quantitative estimate of drug-likeness (QED) is 0.361. The van der Waals surface area contributed by atoms with E-state index in [1.807, 2.05) is 0 Å². The predicted octanol–water partition coefficient (Wildman–Crippen LogP) is 4.39. The number of aryl methyl sites for hydroxylation is 1. The topological polar surface area (TPSA) is 131 Å². The molecule has 1 heterocycles. The number of hydrogen-bond donors (Lipinski definition) is 3. The van der Waals surface area contributed by atoms with Gasteiger partial charge in [0.15, 0.2) is 5.69 Å². The Morgan fingerprint density at radius 2 is 2.00 bits per heavy atom. The van der Waals surface area contributed by atoms with Crippen LogP contribution in [0.25, 0.3) is 10.9 Å². The zero-order valence-electron chi connectivity index (χ0n) is 16.3. The summed E-state index contributed by atoms with van der Waals surface area (Å²) in [4.78, 5) is -0.150. The second kappa shape index (κ2) is 8.72. The Balaban J connectivity index is 1.92. The SMILES string of the molecule is CCn1c(O)c(N=NC(=S)Nc2cccc(S(N)(=O)=O)c2)c2cc(OC(F)(F)F)ccc21. The van der Waals surface area contributed by atoms with Crippen molar-refractivity contribution in [1.82, 2.24) is 4.57 Å². The number of halogens is 3. The van der Waals surface area contributed by atoms with Gasteiger partial charge in [-0.3, -0.25) is 0 Å². The molecule has 0 saturated heterocycles. The molecule has 4 N–H and O–H groups in total. The summed E-state index contributed by atoms with van der Waals surface area (Å²) < 4.78 is 66.0. The van der Waals surface area contributed by atoms with Crippen LogP contribution in [-0.2, 0) is 16.6 Å². The summed E-state index contributed by atoms with van der Waals surface area (Å²) in [5, 5.41) is 25.8. The standard InChI is InChI=1S/C18H16F3N5O4S2/c1-2-26-14-7-6-11(30-18(19,20)21)9-13(14)15(16(26)27)24-25-17(31)23-10-4-3-5-12(8-10)32(22,28)29/h3-9,27H,2H2,1H3,(H,23,31)(H2,22,28,29). The molecule has 14 heteroatoms. The number of azo groups is 1. The zero-order chi connectivity index (χ0) is 23.7. The first kappa shape index (κ1) is 23.4. The highest BCUT2D eigenvalue weighted by atomic mass is 32.2. The fourth-order valence-corrected chi connectivity index (χ4v) is 3.63. The second-order valence-corrected chi connectivity index (χ2v) is 8.29. The van der Waals surface area contributed by atoms with E-state index in [0.29, 0.717) is 12.1 Å². The molecule has 2 aromatic carbocycles. The number of thiocarbonyl (C=S) groups is 1. The van der Waals surface area contributed by atoms with E-state index in [9.17, 15) is 26.7 Å². The van der Waals surface area contributed by atoms with Gasteiger partial charge in [0.2, 0.25) is 21.0 Å². The predicted molar refractivity (Wildman–Crippen MR) is 115 cm³/mol. The van der Waals surface area contributed by atoms with Crippen LogP contribution < -0.4 is 15.2 Å². The third-order valence-electron chi connectivity index (χ3n) is 4.19.